The number of nitrogen functional groups attached to an aromatic ring is 1. The molecule has 15 nitrogen and oxygen atoms in total. The number of aliphatic carboxylic acids is 1. The van der Waals surface area contributed by atoms with E-state index in [9.17, 15) is 29.4 Å². The fourth-order valence-electron chi connectivity index (χ4n) is 3.76. The maximum absolute atomic E-state index is 13.2. The molecule has 2 aliphatic heterocycles. The number of nitrogens with zero attached hydrogens (tertiary/aromatic N) is 4. The topological polar surface area (TPSA) is 219 Å². The molecule has 0 unspecified atom stereocenters. The molecule has 0 radical (unpaired) electrons. The molecule has 1 aromatic heterocycles. The van der Waals surface area contributed by atoms with Gasteiger partial charge in [0.05, 0.1) is 25.4 Å². The van der Waals surface area contributed by atoms with Gasteiger partial charge >= 0.3 is 35.5 Å². The van der Waals surface area contributed by atoms with E-state index in [4.69, 9.17) is 20.0 Å². The number of hydrogen-bond donors (Lipinski definition) is 3. The van der Waals surface area contributed by atoms with Gasteiger partial charge in [0.25, 0.3) is 11.8 Å². The summed E-state index contributed by atoms with van der Waals surface area (Å²) in [7, 11) is 1.53. The van der Waals surface area contributed by atoms with Crippen LogP contribution in [0.4, 0.5) is 5.13 Å². The van der Waals surface area contributed by atoms with E-state index in [1.807, 2.05) is 0 Å². The van der Waals surface area contributed by atoms with Gasteiger partial charge in [-0.1, -0.05) is 17.3 Å². The molecule has 0 bridgehead atoms. The van der Waals surface area contributed by atoms with Gasteiger partial charge in [0.1, 0.15) is 23.8 Å². The number of carboxylic acids is 1. The number of rotatable bonds is 11. The van der Waals surface area contributed by atoms with Crippen molar-refractivity contribution in [3.05, 3.63) is 46.9 Å². The first-order valence-electron chi connectivity index (χ1n) is 11.9. The molecule has 2 aromatic rings. The number of nitrogens with two attached hydrogens (primary N) is 1. The number of oxime groups is 1. The van der Waals surface area contributed by atoms with Crippen molar-refractivity contribution in [3.63, 3.8) is 0 Å². The summed E-state index contributed by atoms with van der Waals surface area (Å²) >= 11 is 1.93. The second-order valence-electron chi connectivity index (χ2n) is 9.18. The number of thioether (sulfide) groups is 1. The molecule has 42 heavy (non-hydrogen) atoms. The quantitative estimate of drug-likeness (QED) is 0.0707. The van der Waals surface area contributed by atoms with Gasteiger partial charge in [-0.25, -0.2) is 4.79 Å². The molecule has 3 heterocycles. The summed E-state index contributed by atoms with van der Waals surface area (Å²) in [5.74, 6) is -3.52. The molecule has 1 saturated heterocycles. The number of β-lactam (4-membered cyclic amide) rings is 1. The van der Waals surface area contributed by atoms with Gasteiger partial charge in [-0.15, -0.1) is 11.8 Å². The van der Waals surface area contributed by atoms with Crippen molar-refractivity contribution in [2.24, 2.45) is 5.16 Å². The SMILES string of the molecule is COc1ccc(COC(=O)C(C)(C)O/N=C(\C(=O)N[C@@H]2C(=O)N3C(C(=O)[O-])=C(CO)CS[C@H]23)c2nsc(N)n2)cc1.[Na+]. The average Bonchev–Trinajstić information content (AvgIpc) is 3.39. The number of aliphatic hydroxyl groups excluding tert-OH is 1. The monoisotopic (exact) mass is 628 g/mol. The number of anilines is 1. The molecule has 4 rings (SSSR count). The van der Waals surface area contributed by atoms with Gasteiger partial charge in [0, 0.05) is 17.3 Å². The summed E-state index contributed by atoms with van der Waals surface area (Å²) in [6.45, 7) is 2.14. The molecule has 4 N–H and O–H groups in total. The van der Waals surface area contributed by atoms with E-state index in [0.29, 0.717) is 11.3 Å². The Labute approximate surface area is 269 Å². The number of carbonyl (C=O) groups excluding carboxylic acids is 4. The number of aromatic nitrogens is 2. The third-order valence-electron chi connectivity index (χ3n) is 5.97. The van der Waals surface area contributed by atoms with Crippen LogP contribution < -0.4 is 50.5 Å². The molecule has 18 heteroatoms. The molecule has 1 aromatic carbocycles. The van der Waals surface area contributed by atoms with Gasteiger partial charge in [-0.05, 0) is 37.1 Å². The van der Waals surface area contributed by atoms with E-state index in [-0.39, 0.29) is 58.4 Å². The van der Waals surface area contributed by atoms with E-state index in [2.05, 4.69) is 19.8 Å². The Morgan fingerprint density at radius 1 is 1.29 bits per heavy atom. The number of amides is 2. The van der Waals surface area contributed by atoms with Crippen LogP contribution in [0.25, 0.3) is 0 Å². The minimum absolute atomic E-state index is 0. The first kappa shape index (κ1) is 33.3. The molecular weight excluding hydrogens is 603 g/mol. The van der Waals surface area contributed by atoms with Gasteiger partial charge in [-0.3, -0.25) is 14.5 Å². The van der Waals surface area contributed by atoms with E-state index in [1.54, 1.807) is 24.3 Å². The Bertz CT molecular complexity index is 1430. The first-order valence-corrected chi connectivity index (χ1v) is 13.7. The minimum Gasteiger partial charge on any atom is -0.543 e. The van der Waals surface area contributed by atoms with E-state index in [1.165, 1.54) is 21.0 Å². The summed E-state index contributed by atoms with van der Waals surface area (Å²) in [4.78, 5) is 60.7. The van der Waals surface area contributed by atoms with Crippen LogP contribution in [-0.2, 0) is 35.4 Å². The van der Waals surface area contributed by atoms with Gasteiger partial charge in [0.2, 0.25) is 17.1 Å². The number of ether oxygens (including phenoxy) is 2. The smallest absolute Gasteiger partial charge is 0.543 e. The van der Waals surface area contributed by atoms with Crippen molar-refractivity contribution in [1.82, 2.24) is 19.6 Å². The number of nitrogens with one attached hydrogen (secondary N) is 1. The molecule has 1 fully saturated rings. The van der Waals surface area contributed by atoms with Crippen LogP contribution >= 0.6 is 23.3 Å². The number of aliphatic hydroxyl groups is 1. The average molecular weight is 629 g/mol. The van der Waals surface area contributed by atoms with Gasteiger partial charge in [0.15, 0.2) is 5.13 Å². The number of fused-ring (bicyclic) bond motifs is 1. The van der Waals surface area contributed by atoms with Crippen LogP contribution in [0.5, 0.6) is 5.75 Å². The van der Waals surface area contributed by atoms with E-state index in [0.717, 1.165) is 28.2 Å². The number of methoxy groups -OCH3 is 1. The van der Waals surface area contributed by atoms with Crippen LogP contribution in [0.1, 0.15) is 25.2 Å². The first-order chi connectivity index (χ1) is 19.5. The van der Waals surface area contributed by atoms with Crippen molar-refractivity contribution >= 4 is 57.9 Å². The van der Waals surface area contributed by atoms with Crippen molar-refractivity contribution in [3.8, 4) is 5.75 Å². The minimum atomic E-state index is -1.66. The van der Waals surface area contributed by atoms with Crippen molar-refractivity contribution < 1.29 is 73.3 Å². The number of carbonyl (C=O) groups is 4. The molecular formula is C24H25N6NaO9S2. The zero-order valence-corrected chi connectivity index (χ0v) is 26.6. The predicted molar refractivity (Wildman–Crippen MR) is 143 cm³/mol. The Balaban J connectivity index is 0.00000484. The van der Waals surface area contributed by atoms with Crippen LogP contribution in [0.3, 0.4) is 0 Å². The summed E-state index contributed by atoms with van der Waals surface area (Å²) < 4.78 is 14.4. The molecule has 0 spiro atoms. The molecule has 218 valence electrons. The van der Waals surface area contributed by atoms with Gasteiger partial charge in [-0.2, -0.15) is 9.36 Å². The molecule has 2 aliphatic rings. The third-order valence-corrected chi connectivity index (χ3v) is 7.85. The van der Waals surface area contributed by atoms with Crippen LogP contribution in [-0.4, -0.2) is 85.3 Å². The molecule has 0 aliphatic carbocycles. The van der Waals surface area contributed by atoms with Crippen LogP contribution in [0, 0.1) is 0 Å². The summed E-state index contributed by atoms with van der Waals surface area (Å²) in [5, 5.41) is 26.6. The van der Waals surface area contributed by atoms with Crippen LogP contribution in [0.2, 0.25) is 0 Å². The maximum Gasteiger partial charge on any atom is 1.00 e. The number of hydrogen-bond acceptors (Lipinski definition) is 15. The fraction of sp³-hybridized carbons (Fsp3) is 0.375. The fourth-order valence-corrected chi connectivity index (χ4v) is 5.53. The standard InChI is InChI=1S/C24H26N6O9S2.Na/c1-24(2,22(36)38-9-11-4-6-13(37-3)7-5-11)39-28-14(17-27-23(25)41-29-17)18(32)26-15-19(33)30-16(21(34)35)12(8-31)10-40-20(15)30;/h4-7,15,20,31H,8-10H2,1-3H3,(H,26,32)(H,34,35)(H2,25,27,29);/q;+1/p-1/b28-14-;/t15-,20-;/m1./s1. The van der Waals surface area contributed by atoms with Crippen molar-refractivity contribution in [2.75, 3.05) is 25.2 Å². The van der Waals surface area contributed by atoms with Crippen LogP contribution in [0.15, 0.2) is 40.7 Å². The Morgan fingerprint density at radius 3 is 2.55 bits per heavy atom. The number of benzene rings is 1. The van der Waals surface area contributed by atoms with Crippen molar-refractivity contribution in [1.29, 1.82) is 0 Å². The summed E-state index contributed by atoms with van der Waals surface area (Å²) in [6, 6.07) is 5.74. The normalized spacial score (nSPS) is 18.3. The van der Waals surface area contributed by atoms with E-state index >= 15 is 0 Å². The Morgan fingerprint density at radius 2 is 1.98 bits per heavy atom. The predicted octanol–water partition coefficient (Wildman–Crippen LogP) is -4.23. The maximum atomic E-state index is 13.2. The van der Waals surface area contributed by atoms with Gasteiger partial charge < -0.3 is 40.4 Å². The largest absolute Gasteiger partial charge is 1.00 e. The Kier molecular flexibility index (Phi) is 11.0. The molecule has 2 atom stereocenters. The number of esters is 1. The molecule has 0 saturated carbocycles. The number of carboxylic acid groups (broad SMARTS) is 1. The molecule has 2 amide bonds. The Hall–Kier alpha value is -3.22. The van der Waals surface area contributed by atoms with E-state index < -0.39 is 58.8 Å². The summed E-state index contributed by atoms with van der Waals surface area (Å²) in [5.41, 5.74) is 3.93. The zero-order chi connectivity index (χ0) is 29.9. The van der Waals surface area contributed by atoms with Crippen molar-refractivity contribution in [2.45, 2.75) is 37.5 Å². The third kappa shape index (κ3) is 7.04. The second kappa shape index (κ2) is 13.8. The zero-order valence-electron chi connectivity index (χ0n) is 23.0. The summed E-state index contributed by atoms with van der Waals surface area (Å²) in [6.07, 6.45) is 0. The second-order valence-corrected chi connectivity index (χ2v) is 11.1.